The molecule has 0 aliphatic carbocycles. The number of aromatic nitrogens is 2. The van der Waals surface area contributed by atoms with Gasteiger partial charge >= 0.3 is 6.09 Å². The fourth-order valence-electron chi connectivity index (χ4n) is 3.23. The van der Waals surface area contributed by atoms with E-state index in [1.807, 2.05) is 40.1 Å². The summed E-state index contributed by atoms with van der Waals surface area (Å²) in [7, 11) is 1.78. The number of aryl methyl sites for hydroxylation is 2. The molecule has 2 rings (SSSR count). The van der Waals surface area contributed by atoms with E-state index < -0.39 is 5.60 Å². The van der Waals surface area contributed by atoms with Crippen molar-refractivity contribution in [3.63, 3.8) is 0 Å². The number of guanidine groups is 1. The number of imidazole rings is 1. The highest BCUT2D eigenvalue weighted by Crippen LogP contribution is 2.15. The van der Waals surface area contributed by atoms with Crippen molar-refractivity contribution in [1.82, 2.24) is 25.1 Å². The number of nitrogens with one attached hydrogen (secondary N) is 2. The minimum Gasteiger partial charge on any atom is -0.444 e. The van der Waals surface area contributed by atoms with E-state index in [-0.39, 0.29) is 12.1 Å². The SMILES string of the molecule is CN=C(NCCCCn1ccnc1C)NC1CCCN(C(=O)OC(C)(C)C)C1. The fraction of sp³-hybridized carbons (Fsp3) is 0.750. The van der Waals surface area contributed by atoms with E-state index in [9.17, 15) is 4.79 Å². The molecule has 0 saturated carbocycles. The van der Waals surface area contributed by atoms with Gasteiger partial charge in [0.2, 0.25) is 0 Å². The van der Waals surface area contributed by atoms with Gasteiger partial charge in [-0.3, -0.25) is 4.99 Å². The molecule has 1 amide bonds. The van der Waals surface area contributed by atoms with Crippen LogP contribution in [-0.2, 0) is 11.3 Å². The number of hydrogen-bond acceptors (Lipinski definition) is 4. The van der Waals surface area contributed by atoms with Crippen LogP contribution in [0.15, 0.2) is 17.4 Å². The van der Waals surface area contributed by atoms with Gasteiger partial charge in [0.25, 0.3) is 0 Å². The summed E-state index contributed by atoms with van der Waals surface area (Å²) < 4.78 is 7.66. The molecule has 8 nitrogen and oxygen atoms in total. The van der Waals surface area contributed by atoms with Gasteiger partial charge in [-0.1, -0.05) is 0 Å². The van der Waals surface area contributed by atoms with Crippen LogP contribution in [0, 0.1) is 6.92 Å². The van der Waals surface area contributed by atoms with Gasteiger partial charge in [-0.25, -0.2) is 9.78 Å². The standard InChI is InChI=1S/C20H36N6O2/c1-16-22-11-14-25(16)12-7-6-10-23-18(21-5)24-17-9-8-13-26(15-17)19(27)28-20(2,3)4/h11,14,17H,6-10,12-13,15H2,1-5H3,(H2,21,23,24). The fourth-order valence-corrected chi connectivity index (χ4v) is 3.23. The predicted octanol–water partition coefficient (Wildman–Crippen LogP) is 2.54. The molecule has 158 valence electrons. The number of aliphatic imine (C=N–C) groups is 1. The number of piperidine rings is 1. The first-order valence-electron chi connectivity index (χ1n) is 10.2. The molecule has 1 unspecified atom stereocenters. The van der Waals surface area contributed by atoms with Crippen molar-refractivity contribution < 1.29 is 9.53 Å². The summed E-state index contributed by atoms with van der Waals surface area (Å²) in [5, 5.41) is 6.81. The molecule has 1 saturated heterocycles. The molecule has 1 atom stereocenters. The number of carbonyl (C=O) groups is 1. The number of unbranched alkanes of at least 4 members (excludes halogenated alkanes) is 1. The molecule has 1 aromatic rings. The first-order valence-corrected chi connectivity index (χ1v) is 10.2. The topological polar surface area (TPSA) is 83.8 Å². The number of amides is 1. The third-order valence-electron chi connectivity index (χ3n) is 4.68. The van der Waals surface area contributed by atoms with Gasteiger partial charge in [-0.15, -0.1) is 0 Å². The first kappa shape index (κ1) is 22.0. The van der Waals surface area contributed by atoms with Crippen molar-refractivity contribution in [2.75, 3.05) is 26.7 Å². The van der Waals surface area contributed by atoms with Crippen molar-refractivity contribution in [2.24, 2.45) is 4.99 Å². The smallest absolute Gasteiger partial charge is 0.410 e. The zero-order valence-electron chi connectivity index (χ0n) is 18.0. The highest BCUT2D eigenvalue weighted by molar-refractivity contribution is 5.80. The monoisotopic (exact) mass is 392 g/mol. The van der Waals surface area contributed by atoms with Gasteiger partial charge in [0.05, 0.1) is 0 Å². The van der Waals surface area contributed by atoms with E-state index in [0.29, 0.717) is 6.54 Å². The number of likely N-dealkylation sites (tertiary alicyclic amines) is 1. The number of hydrogen-bond donors (Lipinski definition) is 2. The number of nitrogens with zero attached hydrogens (tertiary/aromatic N) is 4. The first-order chi connectivity index (χ1) is 13.3. The van der Waals surface area contributed by atoms with Crippen molar-refractivity contribution in [2.45, 2.75) is 71.6 Å². The molecule has 1 aromatic heterocycles. The molecular formula is C20H36N6O2. The van der Waals surface area contributed by atoms with Crippen LogP contribution in [0.4, 0.5) is 4.79 Å². The van der Waals surface area contributed by atoms with E-state index in [1.54, 1.807) is 11.9 Å². The summed E-state index contributed by atoms with van der Waals surface area (Å²) in [6.45, 7) is 10.9. The second kappa shape index (κ2) is 10.3. The Morgan fingerprint density at radius 1 is 1.39 bits per heavy atom. The number of carbonyl (C=O) groups excluding carboxylic acids is 1. The van der Waals surface area contributed by atoms with E-state index in [4.69, 9.17) is 4.74 Å². The van der Waals surface area contributed by atoms with E-state index in [0.717, 1.165) is 57.1 Å². The summed E-state index contributed by atoms with van der Waals surface area (Å²) in [5.74, 6) is 1.84. The molecule has 28 heavy (non-hydrogen) atoms. The summed E-state index contributed by atoms with van der Waals surface area (Å²) in [5.41, 5.74) is -0.468. The highest BCUT2D eigenvalue weighted by atomic mass is 16.6. The molecule has 0 bridgehead atoms. The normalized spacial score (nSPS) is 18.1. The Bertz CT molecular complexity index is 649. The summed E-state index contributed by atoms with van der Waals surface area (Å²) in [4.78, 5) is 22.6. The van der Waals surface area contributed by atoms with Crippen LogP contribution in [0.3, 0.4) is 0 Å². The summed E-state index contributed by atoms with van der Waals surface area (Å²) in [6, 6.07) is 0.182. The lowest BCUT2D eigenvalue weighted by Crippen LogP contribution is -2.53. The molecule has 2 N–H and O–H groups in total. The largest absolute Gasteiger partial charge is 0.444 e. The van der Waals surface area contributed by atoms with E-state index in [2.05, 4.69) is 25.2 Å². The maximum Gasteiger partial charge on any atom is 0.410 e. The number of rotatable bonds is 6. The van der Waals surface area contributed by atoms with Crippen LogP contribution in [0.1, 0.15) is 52.3 Å². The Hall–Kier alpha value is -2.25. The average Bonchev–Trinajstić information content (AvgIpc) is 3.04. The molecule has 0 aromatic carbocycles. The van der Waals surface area contributed by atoms with Crippen LogP contribution in [0.25, 0.3) is 0 Å². The molecule has 1 fully saturated rings. The maximum atomic E-state index is 12.3. The lowest BCUT2D eigenvalue weighted by Gasteiger charge is -2.35. The Labute approximate surface area is 168 Å². The Morgan fingerprint density at radius 2 is 2.18 bits per heavy atom. The zero-order valence-corrected chi connectivity index (χ0v) is 18.0. The van der Waals surface area contributed by atoms with Crippen molar-refractivity contribution in [3.05, 3.63) is 18.2 Å². The van der Waals surface area contributed by atoms with Gasteiger partial charge in [-0.05, 0) is 53.4 Å². The molecule has 0 spiro atoms. The lowest BCUT2D eigenvalue weighted by molar-refractivity contribution is 0.0193. The molecule has 1 aliphatic rings. The van der Waals surface area contributed by atoms with Crippen molar-refractivity contribution in [3.8, 4) is 0 Å². The molecule has 8 heteroatoms. The van der Waals surface area contributed by atoms with Gasteiger partial charge in [-0.2, -0.15) is 0 Å². The quantitative estimate of drug-likeness (QED) is 0.442. The number of ether oxygens (including phenoxy) is 1. The molecular weight excluding hydrogens is 356 g/mol. The molecule has 0 radical (unpaired) electrons. The zero-order chi connectivity index (χ0) is 20.6. The van der Waals surface area contributed by atoms with Crippen LogP contribution in [-0.4, -0.2) is 64.8 Å². The lowest BCUT2D eigenvalue weighted by atomic mass is 10.1. The van der Waals surface area contributed by atoms with Crippen LogP contribution in [0.5, 0.6) is 0 Å². The van der Waals surface area contributed by atoms with Gasteiger partial charge in [0.15, 0.2) is 5.96 Å². The second-order valence-corrected chi connectivity index (χ2v) is 8.28. The minimum atomic E-state index is -0.468. The Balaban J connectivity index is 1.70. The highest BCUT2D eigenvalue weighted by Gasteiger charge is 2.27. The van der Waals surface area contributed by atoms with Crippen molar-refractivity contribution in [1.29, 1.82) is 0 Å². The average molecular weight is 393 g/mol. The summed E-state index contributed by atoms with van der Waals surface area (Å²) >= 11 is 0. The second-order valence-electron chi connectivity index (χ2n) is 8.28. The minimum absolute atomic E-state index is 0.182. The third-order valence-corrected chi connectivity index (χ3v) is 4.68. The van der Waals surface area contributed by atoms with E-state index >= 15 is 0 Å². The van der Waals surface area contributed by atoms with Crippen LogP contribution < -0.4 is 10.6 Å². The van der Waals surface area contributed by atoms with Gasteiger partial charge < -0.3 is 24.8 Å². The molecule has 2 heterocycles. The van der Waals surface area contributed by atoms with Crippen LogP contribution >= 0.6 is 0 Å². The van der Waals surface area contributed by atoms with Crippen LogP contribution in [0.2, 0.25) is 0 Å². The maximum absolute atomic E-state index is 12.3. The van der Waals surface area contributed by atoms with E-state index in [1.165, 1.54) is 0 Å². The van der Waals surface area contributed by atoms with Gasteiger partial charge in [0.1, 0.15) is 11.4 Å². The summed E-state index contributed by atoms with van der Waals surface area (Å²) in [6.07, 6.45) is 7.71. The third kappa shape index (κ3) is 7.40. The van der Waals surface area contributed by atoms with Gasteiger partial charge in [0, 0.05) is 51.7 Å². The predicted molar refractivity (Wildman–Crippen MR) is 112 cm³/mol. The molecule has 1 aliphatic heterocycles. The Morgan fingerprint density at radius 3 is 2.82 bits per heavy atom. The van der Waals surface area contributed by atoms with Crippen molar-refractivity contribution >= 4 is 12.1 Å². The Kier molecular flexibility index (Phi) is 8.14.